The van der Waals surface area contributed by atoms with Gasteiger partial charge in [0, 0.05) is 48.8 Å². The molecule has 1 aromatic rings. The molecule has 2 N–H and O–H groups in total. The number of carbonyl (C=O) groups excluding carboxylic acids is 3. The van der Waals surface area contributed by atoms with E-state index in [0.29, 0.717) is 0 Å². The van der Waals surface area contributed by atoms with E-state index in [4.69, 9.17) is 18.9 Å². The summed E-state index contributed by atoms with van der Waals surface area (Å²) in [5, 5.41) is 22.3. The Labute approximate surface area is 246 Å². The van der Waals surface area contributed by atoms with Crippen molar-refractivity contribution in [2.75, 3.05) is 7.11 Å². The topological polar surface area (TPSA) is 134 Å². The number of cyclic esters (lactones) is 1. The zero-order valence-corrected chi connectivity index (χ0v) is 25.3. The Bertz CT molecular complexity index is 1280. The van der Waals surface area contributed by atoms with Crippen LogP contribution < -0.4 is 0 Å². The Morgan fingerprint density at radius 3 is 2.55 bits per heavy atom. The van der Waals surface area contributed by atoms with Gasteiger partial charge in [0.05, 0.1) is 12.2 Å². The molecule has 1 saturated carbocycles. The molecule has 10 nitrogen and oxygen atoms in total. The Morgan fingerprint density at radius 2 is 1.90 bits per heavy atom. The van der Waals surface area contributed by atoms with Gasteiger partial charge >= 0.3 is 11.9 Å². The van der Waals surface area contributed by atoms with Crippen molar-refractivity contribution in [1.29, 1.82) is 0 Å². The van der Waals surface area contributed by atoms with Gasteiger partial charge in [-0.1, -0.05) is 45.9 Å². The average molecular weight is 586 g/mol. The number of aliphatic hydroxyl groups is 2. The zero-order valence-electron chi connectivity index (χ0n) is 25.3. The first-order valence-electron chi connectivity index (χ1n) is 14.9. The molecule has 5 rings (SSSR count). The van der Waals surface area contributed by atoms with Gasteiger partial charge in [0.1, 0.15) is 29.6 Å². The number of methoxy groups -OCH3 is 1. The molecule has 230 valence electrons. The highest BCUT2D eigenvalue weighted by atomic mass is 16.6. The van der Waals surface area contributed by atoms with Gasteiger partial charge in [0.2, 0.25) is 5.91 Å². The molecule has 2 fully saturated rings. The van der Waals surface area contributed by atoms with Crippen molar-refractivity contribution < 1.29 is 43.5 Å². The summed E-state index contributed by atoms with van der Waals surface area (Å²) in [5.41, 5.74) is -0.0206. The minimum absolute atomic E-state index is 0.124. The van der Waals surface area contributed by atoms with Crippen LogP contribution in [0, 0.1) is 35.5 Å². The second kappa shape index (κ2) is 11.4. The molecule has 2 unspecified atom stereocenters. The molecule has 3 heterocycles. The number of carbonyl (C=O) groups is 3. The summed E-state index contributed by atoms with van der Waals surface area (Å²) >= 11 is 0. The lowest BCUT2D eigenvalue weighted by Gasteiger charge is -2.48. The summed E-state index contributed by atoms with van der Waals surface area (Å²) < 4.78 is 25.7. The van der Waals surface area contributed by atoms with Crippen molar-refractivity contribution >= 4 is 17.8 Å². The second-order valence-corrected chi connectivity index (χ2v) is 12.8. The molecule has 42 heavy (non-hydrogen) atoms. The van der Waals surface area contributed by atoms with Gasteiger partial charge in [-0.2, -0.15) is 0 Å². The number of aliphatic hydroxyl groups excluding tert-OH is 2. The number of nitrogens with zero attached hydrogens (tertiary/aromatic N) is 1. The third-order valence-electron chi connectivity index (χ3n) is 9.81. The van der Waals surface area contributed by atoms with E-state index in [9.17, 15) is 24.6 Å². The Morgan fingerprint density at radius 1 is 1.19 bits per heavy atom. The summed E-state index contributed by atoms with van der Waals surface area (Å²) in [6, 6.07) is 3.18. The smallest absolute Gasteiger partial charge is 0.355 e. The van der Waals surface area contributed by atoms with Crippen LogP contribution in [-0.4, -0.2) is 82.0 Å². The number of hydrogen-bond acceptors (Lipinski definition) is 9. The summed E-state index contributed by atoms with van der Waals surface area (Å²) in [5.74, 6) is -3.54. The number of hydrogen-bond donors (Lipinski definition) is 2. The van der Waals surface area contributed by atoms with Crippen molar-refractivity contribution in [1.82, 2.24) is 4.57 Å². The van der Waals surface area contributed by atoms with Crippen molar-refractivity contribution in [2.45, 2.75) is 90.2 Å². The van der Waals surface area contributed by atoms with E-state index < -0.39 is 60.1 Å². The normalized spacial score (nSPS) is 41.4. The molecule has 1 saturated heterocycles. The standard InChI is InChI=1S/C32H43NO9/c1-15(2)29(36)33-12-8-9-22(33)30(37)41-27-18(5)25(35)24-21-11-10-20-14-23(39-7)31(38)40-26(19(6)34)16(3)13-17(4)32(20,24)42-28(21)27/h8-13,15-16,18-21,23-28,34-35H,14H2,1-7H3/b17-13+/t16-,18-,19?,20?,21-,23+,24+,25-,26+,27-,28-,32+/m1/s1. The fraction of sp³-hybridized carbons (Fsp3) is 0.656. The van der Waals surface area contributed by atoms with E-state index in [1.807, 2.05) is 39.0 Å². The Balaban J connectivity index is 1.54. The molecule has 1 aromatic heterocycles. The third-order valence-corrected chi connectivity index (χ3v) is 9.81. The summed E-state index contributed by atoms with van der Waals surface area (Å²) in [6.45, 7) is 10.8. The maximum atomic E-state index is 13.5. The molecule has 4 aliphatic rings. The molecule has 1 spiro atoms. The fourth-order valence-corrected chi connectivity index (χ4v) is 7.70. The van der Waals surface area contributed by atoms with Gasteiger partial charge in [-0.15, -0.1) is 0 Å². The second-order valence-electron chi connectivity index (χ2n) is 12.8. The Hall–Kier alpha value is -2.79. The van der Waals surface area contributed by atoms with E-state index >= 15 is 0 Å². The number of rotatable bonds is 5. The predicted molar refractivity (Wildman–Crippen MR) is 151 cm³/mol. The van der Waals surface area contributed by atoms with E-state index in [1.54, 1.807) is 39.1 Å². The summed E-state index contributed by atoms with van der Waals surface area (Å²) in [4.78, 5) is 39.3. The van der Waals surface area contributed by atoms with Crippen molar-refractivity contribution in [2.24, 2.45) is 35.5 Å². The van der Waals surface area contributed by atoms with Gasteiger partial charge in [-0.3, -0.25) is 9.36 Å². The molecule has 12 atom stereocenters. The predicted octanol–water partition coefficient (Wildman–Crippen LogP) is 3.17. The molecule has 0 radical (unpaired) electrons. The fourth-order valence-electron chi connectivity index (χ4n) is 7.70. The van der Waals surface area contributed by atoms with E-state index in [1.165, 1.54) is 11.7 Å². The quantitative estimate of drug-likeness (QED) is 0.395. The van der Waals surface area contributed by atoms with Gasteiger partial charge in [-0.05, 0) is 38.0 Å². The SMILES string of the molecule is CO[C@H]1CC2C=C[C@H]3[C@H]4O[C@]2(/C(C)=C/[C@@H](C)[C@@H](C(C)O)OC1=O)[C@@H]3[C@H](O)[C@@H](C)[C@H]4OC(=O)c1cccn1C(=O)C(C)C. The molecular formula is C32H43NO9. The lowest BCUT2D eigenvalue weighted by atomic mass is 9.57. The van der Waals surface area contributed by atoms with Crippen LogP contribution in [0.4, 0.5) is 0 Å². The molecule has 2 aliphatic heterocycles. The van der Waals surface area contributed by atoms with Crippen molar-refractivity contribution in [3.8, 4) is 0 Å². The Kier molecular flexibility index (Phi) is 8.30. The highest BCUT2D eigenvalue weighted by molar-refractivity contribution is 5.94. The first-order valence-corrected chi connectivity index (χ1v) is 14.9. The average Bonchev–Trinajstić information content (AvgIpc) is 3.50. The number of aromatic nitrogens is 1. The molecule has 2 aliphatic carbocycles. The maximum Gasteiger partial charge on any atom is 0.355 e. The maximum absolute atomic E-state index is 13.5. The van der Waals surface area contributed by atoms with E-state index in [-0.39, 0.29) is 47.6 Å². The van der Waals surface area contributed by atoms with Gasteiger partial charge in [-0.25, -0.2) is 9.59 Å². The van der Waals surface area contributed by atoms with Gasteiger partial charge in [0.25, 0.3) is 0 Å². The highest BCUT2D eigenvalue weighted by Gasteiger charge is 2.69. The van der Waals surface area contributed by atoms with Crippen LogP contribution in [0.1, 0.15) is 63.2 Å². The van der Waals surface area contributed by atoms with Crippen LogP contribution >= 0.6 is 0 Å². The lowest BCUT2D eigenvalue weighted by molar-refractivity contribution is -0.172. The first-order chi connectivity index (χ1) is 19.8. The van der Waals surface area contributed by atoms with Crippen LogP contribution in [0.2, 0.25) is 0 Å². The van der Waals surface area contributed by atoms with E-state index in [2.05, 4.69) is 0 Å². The zero-order chi connectivity index (χ0) is 30.7. The minimum atomic E-state index is -1.00. The monoisotopic (exact) mass is 585 g/mol. The van der Waals surface area contributed by atoms with Crippen LogP contribution in [0.25, 0.3) is 0 Å². The highest BCUT2D eigenvalue weighted by Crippen LogP contribution is 2.61. The number of ether oxygens (including phenoxy) is 4. The molecule has 0 aromatic carbocycles. The molecule has 4 bridgehead atoms. The van der Waals surface area contributed by atoms with Crippen molar-refractivity contribution in [3.63, 3.8) is 0 Å². The van der Waals surface area contributed by atoms with Crippen LogP contribution in [-0.2, 0) is 23.7 Å². The van der Waals surface area contributed by atoms with Crippen LogP contribution in [0.15, 0.2) is 42.1 Å². The summed E-state index contributed by atoms with van der Waals surface area (Å²) in [6.07, 6.45) is 2.90. The lowest BCUT2D eigenvalue weighted by Crippen LogP contribution is -2.57. The molecular weight excluding hydrogens is 542 g/mol. The largest absolute Gasteiger partial charge is 0.457 e. The van der Waals surface area contributed by atoms with Gasteiger partial charge < -0.3 is 29.2 Å². The van der Waals surface area contributed by atoms with Crippen LogP contribution in [0.5, 0.6) is 0 Å². The molecule has 10 heteroatoms. The number of esters is 2. The molecule has 0 amide bonds. The van der Waals surface area contributed by atoms with Gasteiger partial charge in [0.15, 0.2) is 6.10 Å². The third kappa shape index (κ3) is 4.76. The first kappa shape index (κ1) is 30.7. The summed E-state index contributed by atoms with van der Waals surface area (Å²) in [7, 11) is 1.45. The van der Waals surface area contributed by atoms with Crippen molar-refractivity contribution in [3.05, 3.63) is 47.8 Å². The van der Waals surface area contributed by atoms with E-state index in [0.717, 1.165) is 5.57 Å². The minimum Gasteiger partial charge on any atom is -0.457 e. The van der Waals surface area contributed by atoms with Crippen LogP contribution in [0.3, 0.4) is 0 Å².